The minimum atomic E-state index is 1.04. The Kier molecular flexibility index (Phi) is 1.33. The molecule has 43 valence electrons. The van der Waals surface area contributed by atoms with Gasteiger partial charge in [0.1, 0.15) is 0 Å². The van der Waals surface area contributed by atoms with Gasteiger partial charge in [0.05, 0.1) is 11.9 Å². The summed E-state index contributed by atoms with van der Waals surface area (Å²) in [6, 6.07) is 0. The Morgan fingerprint density at radius 2 is 2.38 bits per heavy atom. The molecule has 0 bridgehead atoms. The number of rotatable bonds is 1. The molecule has 0 aromatic heterocycles. The highest BCUT2D eigenvalue weighted by Gasteiger charge is 2.02. The lowest BCUT2D eigenvalue weighted by atomic mass is 10.2. The molecule has 0 aromatic rings. The number of nitrogens with zero attached hydrogens (tertiary/aromatic N) is 2. The lowest BCUT2D eigenvalue weighted by molar-refractivity contribution is 0.886. The van der Waals surface area contributed by atoms with Crippen LogP contribution in [0.3, 0.4) is 0 Å². The van der Waals surface area contributed by atoms with Gasteiger partial charge in [0.15, 0.2) is 0 Å². The maximum absolute atomic E-state index is 3.84. The van der Waals surface area contributed by atoms with Gasteiger partial charge in [0, 0.05) is 0 Å². The molecule has 2 heteroatoms. The Labute approximate surface area is 49.3 Å². The van der Waals surface area contributed by atoms with E-state index in [2.05, 4.69) is 17.5 Å². The summed E-state index contributed by atoms with van der Waals surface area (Å²) in [7, 11) is 0. The molecule has 0 N–H and O–H groups in total. The molecule has 0 aromatic carbocycles. The van der Waals surface area contributed by atoms with Crippen molar-refractivity contribution in [3.8, 4) is 0 Å². The fourth-order valence-electron chi connectivity index (χ4n) is 0.690. The van der Waals surface area contributed by atoms with Gasteiger partial charge in [0.25, 0.3) is 0 Å². The van der Waals surface area contributed by atoms with Crippen LogP contribution in [0.4, 0.5) is 0 Å². The summed E-state index contributed by atoms with van der Waals surface area (Å²) in [6.07, 6.45) is 2.86. The highest BCUT2D eigenvalue weighted by Crippen LogP contribution is 2.08. The number of hydrogen-bond donors (Lipinski definition) is 0. The predicted molar refractivity (Wildman–Crippen MR) is 33.6 cm³/mol. The van der Waals surface area contributed by atoms with Crippen LogP contribution in [0, 0.1) is 0 Å². The predicted octanol–water partition coefficient (Wildman–Crippen LogP) is 1.27. The van der Waals surface area contributed by atoms with Gasteiger partial charge in [-0.05, 0) is 18.9 Å². The molecule has 0 atom stereocenters. The lowest BCUT2D eigenvalue weighted by Crippen LogP contribution is -1.86. The van der Waals surface area contributed by atoms with Crippen molar-refractivity contribution in [1.82, 2.24) is 5.43 Å². The largest absolute Gasteiger partial charge is 0.159 e. The van der Waals surface area contributed by atoms with Crippen molar-refractivity contribution in [2.45, 2.75) is 20.3 Å². The zero-order valence-electron chi connectivity index (χ0n) is 5.18. The first-order valence-electron chi connectivity index (χ1n) is 2.78. The maximum Gasteiger partial charge on any atom is 0.0647 e. The van der Waals surface area contributed by atoms with Crippen molar-refractivity contribution in [3.63, 3.8) is 0 Å². The Balaban J connectivity index is 2.70. The van der Waals surface area contributed by atoms with E-state index >= 15 is 0 Å². The standard InChI is InChI=1S/C6H9N2/c1-3-6-4-7-8-5(6)2/h4H,3H2,1-2H3. The van der Waals surface area contributed by atoms with E-state index in [0.29, 0.717) is 0 Å². The Bertz CT molecular complexity index is 145. The second kappa shape index (κ2) is 1.99. The van der Waals surface area contributed by atoms with Gasteiger partial charge < -0.3 is 0 Å². The van der Waals surface area contributed by atoms with Crippen molar-refractivity contribution in [1.29, 1.82) is 0 Å². The summed E-state index contributed by atoms with van der Waals surface area (Å²) in [6.45, 7) is 4.08. The SMILES string of the molecule is CCC1=C(C)[N]N=C1. The molecular weight excluding hydrogens is 100 g/mol. The third-order valence-electron chi connectivity index (χ3n) is 1.27. The minimum Gasteiger partial charge on any atom is -0.159 e. The normalized spacial score (nSPS) is 17.2. The van der Waals surface area contributed by atoms with Gasteiger partial charge in [-0.15, -0.1) is 0 Å². The summed E-state index contributed by atoms with van der Waals surface area (Å²) in [4.78, 5) is 0. The summed E-state index contributed by atoms with van der Waals surface area (Å²) >= 11 is 0. The smallest absolute Gasteiger partial charge is 0.0647 e. The third-order valence-corrected chi connectivity index (χ3v) is 1.27. The van der Waals surface area contributed by atoms with Crippen LogP contribution in [0.15, 0.2) is 16.4 Å². The van der Waals surface area contributed by atoms with Gasteiger partial charge in [-0.3, -0.25) is 0 Å². The van der Waals surface area contributed by atoms with Gasteiger partial charge in [-0.2, -0.15) is 10.5 Å². The van der Waals surface area contributed by atoms with Gasteiger partial charge in [-0.1, -0.05) is 6.92 Å². The molecule has 1 rings (SSSR count). The van der Waals surface area contributed by atoms with Crippen molar-refractivity contribution < 1.29 is 0 Å². The molecule has 1 aliphatic rings. The van der Waals surface area contributed by atoms with Crippen molar-refractivity contribution in [2.24, 2.45) is 5.10 Å². The first kappa shape index (κ1) is 5.35. The fourth-order valence-corrected chi connectivity index (χ4v) is 0.690. The summed E-state index contributed by atoms with van der Waals surface area (Å²) in [5.74, 6) is 0. The molecular formula is C6H9N2. The average molecular weight is 109 g/mol. The van der Waals surface area contributed by atoms with Gasteiger partial charge in [-0.25, -0.2) is 0 Å². The fraction of sp³-hybridized carbons (Fsp3) is 0.500. The number of allylic oxidation sites excluding steroid dienone is 2. The van der Waals surface area contributed by atoms with Gasteiger partial charge in [0.2, 0.25) is 0 Å². The van der Waals surface area contributed by atoms with Crippen molar-refractivity contribution in [3.05, 3.63) is 11.3 Å². The maximum atomic E-state index is 3.84. The van der Waals surface area contributed by atoms with E-state index < -0.39 is 0 Å². The second-order valence-electron chi connectivity index (χ2n) is 1.81. The van der Waals surface area contributed by atoms with Crippen LogP contribution in [0.25, 0.3) is 0 Å². The van der Waals surface area contributed by atoms with E-state index in [1.54, 1.807) is 0 Å². The quantitative estimate of drug-likeness (QED) is 0.485. The lowest BCUT2D eigenvalue weighted by Gasteiger charge is -1.89. The third kappa shape index (κ3) is 0.735. The molecule has 8 heavy (non-hydrogen) atoms. The summed E-state index contributed by atoms with van der Waals surface area (Å²) < 4.78 is 0. The topological polar surface area (TPSA) is 26.5 Å². The van der Waals surface area contributed by atoms with E-state index in [1.165, 1.54) is 5.57 Å². The second-order valence-corrected chi connectivity index (χ2v) is 1.81. The molecule has 0 saturated heterocycles. The van der Waals surface area contributed by atoms with Crippen LogP contribution in [-0.2, 0) is 0 Å². The first-order valence-corrected chi connectivity index (χ1v) is 2.78. The Morgan fingerprint density at radius 1 is 1.62 bits per heavy atom. The highest BCUT2D eigenvalue weighted by molar-refractivity contribution is 5.81. The molecule has 0 fully saturated rings. The van der Waals surface area contributed by atoms with E-state index in [9.17, 15) is 0 Å². The minimum absolute atomic E-state index is 1.04. The zero-order chi connectivity index (χ0) is 5.98. The molecule has 0 spiro atoms. The monoisotopic (exact) mass is 109 g/mol. The molecule has 2 nitrogen and oxygen atoms in total. The van der Waals surface area contributed by atoms with E-state index in [1.807, 2.05) is 13.1 Å². The molecule has 0 amide bonds. The Morgan fingerprint density at radius 3 is 2.62 bits per heavy atom. The molecule has 1 radical (unpaired) electrons. The first-order chi connectivity index (χ1) is 3.84. The van der Waals surface area contributed by atoms with Crippen LogP contribution in [0.2, 0.25) is 0 Å². The van der Waals surface area contributed by atoms with Crippen LogP contribution in [0.5, 0.6) is 0 Å². The molecule has 0 saturated carbocycles. The zero-order valence-corrected chi connectivity index (χ0v) is 5.18. The molecule has 1 heterocycles. The van der Waals surface area contributed by atoms with Gasteiger partial charge >= 0.3 is 0 Å². The molecule has 0 aliphatic carbocycles. The van der Waals surface area contributed by atoms with Crippen LogP contribution in [-0.4, -0.2) is 6.21 Å². The van der Waals surface area contributed by atoms with Crippen LogP contribution in [0.1, 0.15) is 20.3 Å². The van der Waals surface area contributed by atoms with E-state index in [-0.39, 0.29) is 0 Å². The summed E-state index contributed by atoms with van der Waals surface area (Å²) in [5.41, 5.74) is 6.15. The molecule has 0 unspecified atom stereocenters. The van der Waals surface area contributed by atoms with Crippen molar-refractivity contribution in [2.75, 3.05) is 0 Å². The van der Waals surface area contributed by atoms with Crippen molar-refractivity contribution >= 4 is 6.21 Å². The molecule has 1 aliphatic heterocycles. The average Bonchev–Trinajstić information content (AvgIpc) is 2.14. The van der Waals surface area contributed by atoms with E-state index in [4.69, 9.17) is 0 Å². The number of hydrogen-bond acceptors (Lipinski definition) is 1. The van der Waals surface area contributed by atoms with Crippen LogP contribution < -0.4 is 5.43 Å². The van der Waals surface area contributed by atoms with Crippen LogP contribution >= 0.6 is 0 Å². The van der Waals surface area contributed by atoms with E-state index in [0.717, 1.165) is 12.1 Å². The summed E-state index contributed by atoms with van der Waals surface area (Å²) in [5, 5.41) is 3.74. The Hall–Kier alpha value is -0.790. The highest BCUT2D eigenvalue weighted by atomic mass is 15.3.